The molecular weight excluding hydrogens is 428 g/mol. The molecule has 30 heavy (non-hydrogen) atoms. The van der Waals surface area contributed by atoms with Crippen molar-refractivity contribution in [3.63, 3.8) is 0 Å². The van der Waals surface area contributed by atoms with Crippen molar-refractivity contribution in [2.45, 2.75) is 0 Å². The van der Waals surface area contributed by atoms with Crippen LogP contribution in [0, 0.1) is 0 Å². The first-order valence-corrected chi connectivity index (χ1v) is 10.5. The van der Waals surface area contributed by atoms with Gasteiger partial charge < -0.3 is 19.9 Å². The van der Waals surface area contributed by atoms with Gasteiger partial charge in [-0.05, 0) is 18.2 Å². The van der Waals surface area contributed by atoms with Crippen LogP contribution in [0.2, 0.25) is 0 Å². The third-order valence-electron chi connectivity index (χ3n) is 4.21. The number of amides is 1. The summed E-state index contributed by atoms with van der Waals surface area (Å²) in [7, 11) is 1.55. The predicted octanol–water partition coefficient (Wildman–Crippen LogP) is 0.963. The molecule has 9 nitrogen and oxygen atoms in total. The Hall–Kier alpha value is -2.31. The number of thioether (sulfide) groups is 1. The first kappa shape index (κ1) is 22.4. The van der Waals surface area contributed by atoms with Crippen LogP contribution in [-0.4, -0.2) is 76.2 Å². The molecule has 0 atom stereocenters. The molecule has 1 fully saturated rings. The van der Waals surface area contributed by atoms with Crippen molar-refractivity contribution in [3.8, 4) is 0 Å². The lowest BCUT2D eigenvalue weighted by atomic mass is 10.2. The van der Waals surface area contributed by atoms with Crippen molar-refractivity contribution in [2.75, 3.05) is 51.9 Å². The van der Waals surface area contributed by atoms with E-state index in [1.165, 1.54) is 15.4 Å². The van der Waals surface area contributed by atoms with Gasteiger partial charge in [-0.1, -0.05) is 30.0 Å². The Labute approximate surface area is 182 Å². The third-order valence-corrected chi connectivity index (χ3v) is 5.59. The fraction of sp³-hybridized carbons (Fsp3) is 0.368. The van der Waals surface area contributed by atoms with Crippen LogP contribution in [0.15, 0.2) is 34.1 Å². The molecule has 0 saturated carbocycles. The number of ether oxygens (including phenoxy) is 2. The number of hydrogen-bond donors (Lipinski definition) is 2. The van der Waals surface area contributed by atoms with Gasteiger partial charge in [0.25, 0.3) is 11.5 Å². The van der Waals surface area contributed by atoms with Crippen molar-refractivity contribution in [1.29, 1.82) is 0 Å². The maximum absolute atomic E-state index is 13.1. The molecule has 2 N–H and O–H groups in total. The molecular formula is C19H22N4O5S2. The number of nitrogens with zero attached hydrogens (tertiary/aromatic N) is 3. The number of pyridine rings is 1. The zero-order valence-corrected chi connectivity index (χ0v) is 18.0. The number of aromatic nitrogens is 2. The Bertz CT molecular complexity index is 1020. The molecule has 3 rings (SSSR count). The molecule has 0 radical (unpaired) electrons. The van der Waals surface area contributed by atoms with E-state index in [4.69, 9.17) is 26.8 Å². The minimum atomic E-state index is -0.304. The van der Waals surface area contributed by atoms with E-state index in [0.29, 0.717) is 47.0 Å². The highest BCUT2D eigenvalue weighted by Crippen LogP contribution is 2.32. The lowest BCUT2D eigenvalue weighted by Crippen LogP contribution is -2.31. The predicted molar refractivity (Wildman–Crippen MR) is 120 cm³/mol. The summed E-state index contributed by atoms with van der Waals surface area (Å²) in [6, 6.07) is 5.25. The fourth-order valence-corrected chi connectivity index (χ4v) is 4.07. The van der Waals surface area contributed by atoms with E-state index >= 15 is 0 Å². The summed E-state index contributed by atoms with van der Waals surface area (Å²) < 4.78 is 12.1. The molecule has 1 aliphatic rings. The highest BCUT2D eigenvalue weighted by molar-refractivity contribution is 8.26. The Balaban J connectivity index is 1.95. The number of aliphatic hydroxyl groups is 1. The van der Waals surface area contributed by atoms with Crippen molar-refractivity contribution in [1.82, 2.24) is 14.3 Å². The standard InChI is InChI=1S/C19H22N4O5S2/c1-27-10-7-23-18(26)14(30-19(23)29)12-13-16(20-5-9-28-11-8-24)21-15-4-2-3-6-22(15)17(13)25/h2-4,6,12,20,24H,5,7-11H2,1H3/b14-12+. The summed E-state index contributed by atoms with van der Waals surface area (Å²) in [5.41, 5.74) is 0.431. The molecule has 0 spiro atoms. The van der Waals surface area contributed by atoms with Crippen LogP contribution < -0.4 is 10.9 Å². The molecule has 2 aromatic heterocycles. The number of carbonyl (C=O) groups is 1. The number of aliphatic hydroxyl groups excluding tert-OH is 1. The number of anilines is 1. The van der Waals surface area contributed by atoms with Gasteiger partial charge in [0, 0.05) is 19.9 Å². The first-order valence-electron chi connectivity index (χ1n) is 9.25. The van der Waals surface area contributed by atoms with Gasteiger partial charge in [-0.15, -0.1) is 0 Å². The summed E-state index contributed by atoms with van der Waals surface area (Å²) in [6.07, 6.45) is 3.15. The summed E-state index contributed by atoms with van der Waals surface area (Å²) in [5.74, 6) is 0.0813. The maximum Gasteiger partial charge on any atom is 0.267 e. The van der Waals surface area contributed by atoms with Gasteiger partial charge in [0.15, 0.2) is 0 Å². The monoisotopic (exact) mass is 450 g/mol. The van der Waals surface area contributed by atoms with Crippen molar-refractivity contribution in [2.24, 2.45) is 0 Å². The zero-order chi connectivity index (χ0) is 21.5. The molecule has 11 heteroatoms. The van der Waals surface area contributed by atoms with Crippen LogP contribution in [-0.2, 0) is 14.3 Å². The second-order valence-electron chi connectivity index (χ2n) is 6.20. The highest BCUT2D eigenvalue weighted by atomic mass is 32.2. The Kier molecular flexibility index (Phi) is 7.94. The quantitative estimate of drug-likeness (QED) is 0.311. The van der Waals surface area contributed by atoms with Crippen LogP contribution in [0.3, 0.4) is 0 Å². The van der Waals surface area contributed by atoms with Crippen LogP contribution in [0.5, 0.6) is 0 Å². The summed E-state index contributed by atoms with van der Waals surface area (Å²) >= 11 is 6.44. The summed E-state index contributed by atoms with van der Waals surface area (Å²) in [6.45, 7) is 1.58. The van der Waals surface area contributed by atoms with Gasteiger partial charge in [0.2, 0.25) is 0 Å². The molecule has 1 aliphatic heterocycles. The molecule has 1 amide bonds. The number of thiocarbonyl (C=S) groups is 1. The van der Waals surface area contributed by atoms with Crippen LogP contribution >= 0.6 is 24.0 Å². The molecule has 160 valence electrons. The van der Waals surface area contributed by atoms with E-state index in [1.54, 1.807) is 31.5 Å². The van der Waals surface area contributed by atoms with E-state index in [1.807, 2.05) is 0 Å². The Morgan fingerprint density at radius 1 is 1.30 bits per heavy atom. The second kappa shape index (κ2) is 10.6. The minimum Gasteiger partial charge on any atom is -0.394 e. The topological polar surface area (TPSA) is 105 Å². The van der Waals surface area contributed by atoms with E-state index in [9.17, 15) is 9.59 Å². The van der Waals surface area contributed by atoms with Gasteiger partial charge in [0.1, 0.15) is 15.8 Å². The smallest absolute Gasteiger partial charge is 0.267 e. The number of methoxy groups -OCH3 is 1. The first-order chi connectivity index (χ1) is 14.6. The fourth-order valence-electron chi connectivity index (χ4n) is 2.78. The number of nitrogens with one attached hydrogen (secondary N) is 1. The molecule has 2 aromatic rings. The Morgan fingerprint density at radius 2 is 2.13 bits per heavy atom. The van der Waals surface area contributed by atoms with E-state index < -0.39 is 0 Å². The van der Waals surface area contributed by atoms with Crippen LogP contribution in [0.25, 0.3) is 11.7 Å². The second-order valence-corrected chi connectivity index (χ2v) is 7.87. The zero-order valence-electron chi connectivity index (χ0n) is 16.4. The summed E-state index contributed by atoms with van der Waals surface area (Å²) in [4.78, 5) is 32.2. The number of carbonyl (C=O) groups excluding carboxylic acids is 1. The molecule has 0 unspecified atom stereocenters. The van der Waals surface area contributed by atoms with Gasteiger partial charge in [-0.2, -0.15) is 0 Å². The van der Waals surface area contributed by atoms with E-state index in [0.717, 1.165) is 11.8 Å². The summed E-state index contributed by atoms with van der Waals surface area (Å²) in [5, 5.41) is 11.9. The average molecular weight is 451 g/mol. The highest BCUT2D eigenvalue weighted by Gasteiger charge is 2.32. The Morgan fingerprint density at radius 3 is 2.90 bits per heavy atom. The molecule has 0 aliphatic carbocycles. The minimum absolute atomic E-state index is 0.0638. The largest absolute Gasteiger partial charge is 0.394 e. The van der Waals surface area contributed by atoms with E-state index in [2.05, 4.69) is 10.3 Å². The maximum atomic E-state index is 13.1. The lowest BCUT2D eigenvalue weighted by molar-refractivity contribution is -0.122. The molecule has 1 saturated heterocycles. The van der Waals surface area contributed by atoms with Gasteiger partial charge >= 0.3 is 0 Å². The number of fused-ring (bicyclic) bond motifs is 1. The molecule has 0 bridgehead atoms. The SMILES string of the molecule is COCCN1C(=O)/C(=C\c2c(NCCOCCO)nc3ccccn3c2=O)SC1=S. The number of hydrogen-bond acceptors (Lipinski definition) is 9. The van der Waals surface area contributed by atoms with Gasteiger partial charge in [-0.25, -0.2) is 4.98 Å². The third kappa shape index (κ3) is 5.05. The van der Waals surface area contributed by atoms with Gasteiger partial charge in [-0.3, -0.25) is 18.9 Å². The lowest BCUT2D eigenvalue weighted by Gasteiger charge is -2.13. The average Bonchev–Trinajstić information content (AvgIpc) is 3.01. The van der Waals surface area contributed by atoms with Gasteiger partial charge in [0.05, 0.1) is 43.4 Å². The normalized spacial score (nSPS) is 15.5. The molecule has 0 aromatic carbocycles. The van der Waals surface area contributed by atoms with Crippen molar-refractivity contribution < 1.29 is 19.4 Å². The number of rotatable bonds is 10. The van der Waals surface area contributed by atoms with Crippen LogP contribution in [0.1, 0.15) is 5.56 Å². The van der Waals surface area contributed by atoms with Crippen LogP contribution in [0.4, 0.5) is 5.82 Å². The van der Waals surface area contributed by atoms with E-state index in [-0.39, 0.29) is 30.2 Å². The van der Waals surface area contributed by atoms with Crippen molar-refractivity contribution >= 4 is 51.7 Å². The van der Waals surface area contributed by atoms with Crippen molar-refractivity contribution in [3.05, 3.63) is 45.2 Å². The molecule has 3 heterocycles.